The number of anilines is 1. The molecule has 0 aliphatic carbocycles. The van der Waals surface area contributed by atoms with Gasteiger partial charge in [0, 0.05) is 11.4 Å². The summed E-state index contributed by atoms with van der Waals surface area (Å²) in [7, 11) is 0. The molecule has 2 heteroatoms. The summed E-state index contributed by atoms with van der Waals surface area (Å²) < 4.78 is 0. The molecule has 100 valence electrons. The average molecular weight is 271 g/mol. The second-order valence-electron chi connectivity index (χ2n) is 5.00. The quantitative estimate of drug-likeness (QED) is 0.646. The number of nitrogen functional groups attached to an aromatic ring is 1. The summed E-state index contributed by atoms with van der Waals surface area (Å²) in [6.45, 7) is 4.32. The molecule has 0 fully saturated rings. The second-order valence-corrected chi connectivity index (χ2v) is 6.10. The van der Waals surface area contributed by atoms with Gasteiger partial charge in [0.05, 0.1) is 0 Å². The van der Waals surface area contributed by atoms with Crippen LogP contribution in [0.4, 0.5) is 5.69 Å². The number of nitrogens with two attached hydrogens (primary N) is 1. The second kappa shape index (κ2) is 6.67. The van der Waals surface area contributed by atoms with Crippen LogP contribution in [0.3, 0.4) is 0 Å². The van der Waals surface area contributed by atoms with E-state index in [1.807, 2.05) is 23.9 Å². The number of benzene rings is 2. The van der Waals surface area contributed by atoms with Gasteiger partial charge in [-0.25, -0.2) is 0 Å². The normalized spacial score (nSPS) is 10.6. The maximum absolute atomic E-state index is 5.94. The third-order valence-corrected chi connectivity index (χ3v) is 4.15. The van der Waals surface area contributed by atoms with Crippen molar-refractivity contribution in [2.45, 2.75) is 26.0 Å². The molecule has 19 heavy (non-hydrogen) atoms. The van der Waals surface area contributed by atoms with Crippen LogP contribution in [0.15, 0.2) is 42.5 Å². The Bertz CT molecular complexity index is 528. The highest BCUT2D eigenvalue weighted by Gasteiger charge is 2.00. The van der Waals surface area contributed by atoms with Gasteiger partial charge in [0.15, 0.2) is 0 Å². The summed E-state index contributed by atoms with van der Waals surface area (Å²) in [5.74, 6) is 2.19. The zero-order valence-corrected chi connectivity index (χ0v) is 12.5. The summed E-state index contributed by atoms with van der Waals surface area (Å²) in [6, 6.07) is 14.9. The Morgan fingerprint density at radius 2 is 1.68 bits per heavy atom. The van der Waals surface area contributed by atoms with Crippen molar-refractivity contribution in [2.75, 3.05) is 11.5 Å². The predicted octanol–water partition coefficient (Wildman–Crippen LogP) is 4.36. The van der Waals surface area contributed by atoms with Gasteiger partial charge >= 0.3 is 0 Å². The highest BCUT2D eigenvalue weighted by atomic mass is 32.2. The number of para-hydroxylation sites is 1. The van der Waals surface area contributed by atoms with Crippen LogP contribution < -0.4 is 5.73 Å². The third-order valence-electron chi connectivity index (χ3n) is 3.12. The molecule has 0 atom stereocenters. The first-order valence-corrected chi connectivity index (χ1v) is 7.79. The molecule has 2 aromatic carbocycles. The first-order chi connectivity index (χ1) is 9.15. The van der Waals surface area contributed by atoms with E-state index in [9.17, 15) is 0 Å². The molecule has 2 N–H and O–H groups in total. The minimum Gasteiger partial charge on any atom is -0.399 e. The van der Waals surface area contributed by atoms with E-state index in [1.165, 1.54) is 22.3 Å². The van der Waals surface area contributed by atoms with Crippen LogP contribution in [-0.4, -0.2) is 5.75 Å². The van der Waals surface area contributed by atoms with Crippen molar-refractivity contribution < 1.29 is 0 Å². The molecular weight excluding hydrogens is 250 g/mol. The number of hydrogen-bond acceptors (Lipinski definition) is 2. The van der Waals surface area contributed by atoms with Crippen molar-refractivity contribution in [1.82, 2.24) is 0 Å². The van der Waals surface area contributed by atoms with E-state index in [4.69, 9.17) is 5.73 Å². The van der Waals surface area contributed by atoms with Crippen LogP contribution in [-0.2, 0) is 12.2 Å². The van der Waals surface area contributed by atoms with E-state index in [0.29, 0.717) is 0 Å². The van der Waals surface area contributed by atoms with Crippen LogP contribution in [0.1, 0.15) is 22.3 Å². The summed E-state index contributed by atoms with van der Waals surface area (Å²) in [5.41, 5.74) is 12.2. The largest absolute Gasteiger partial charge is 0.399 e. The van der Waals surface area contributed by atoms with Gasteiger partial charge in [0.2, 0.25) is 0 Å². The van der Waals surface area contributed by atoms with Crippen LogP contribution in [0.5, 0.6) is 0 Å². The molecule has 0 heterocycles. The number of rotatable bonds is 5. The monoisotopic (exact) mass is 271 g/mol. The van der Waals surface area contributed by atoms with Gasteiger partial charge in [0.25, 0.3) is 0 Å². The van der Waals surface area contributed by atoms with Crippen molar-refractivity contribution in [2.24, 2.45) is 0 Å². The van der Waals surface area contributed by atoms with Gasteiger partial charge in [-0.2, -0.15) is 11.8 Å². The smallest absolute Gasteiger partial charge is 0.0346 e. The van der Waals surface area contributed by atoms with E-state index in [2.05, 4.69) is 44.2 Å². The van der Waals surface area contributed by atoms with E-state index in [-0.39, 0.29) is 0 Å². The molecule has 0 saturated carbocycles. The first kappa shape index (κ1) is 14.0. The van der Waals surface area contributed by atoms with Gasteiger partial charge in [-0.05, 0) is 43.2 Å². The van der Waals surface area contributed by atoms with Crippen LogP contribution >= 0.6 is 11.8 Å². The lowest BCUT2D eigenvalue weighted by Gasteiger charge is -2.07. The molecule has 0 saturated heterocycles. The highest BCUT2D eigenvalue weighted by Crippen LogP contribution is 2.18. The van der Waals surface area contributed by atoms with E-state index >= 15 is 0 Å². The molecule has 2 rings (SSSR count). The molecule has 1 nitrogen and oxygen atoms in total. The molecular formula is C17H21NS. The number of thioether (sulfide) groups is 1. The molecule has 2 aromatic rings. The maximum atomic E-state index is 5.94. The highest BCUT2D eigenvalue weighted by molar-refractivity contribution is 7.98. The Balaban J connectivity index is 1.82. The summed E-state index contributed by atoms with van der Waals surface area (Å²) in [5, 5.41) is 0. The molecule has 0 bridgehead atoms. The van der Waals surface area contributed by atoms with Crippen molar-refractivity contribution in [3.8, 4) is 0 Å². The van der Waals surface area contributed by atoms with Gasteiger partial charge < -0.3 is 5.73 Å². The lowest BCUT2D eigenvalue weighted by molar-refractivity contribution is 1.16. The molecule has 0 amide bonds. The van der Waals surface area contributed by atoms with Crippen molar-refractivity contribution >= 4 is 17.4 Å². The fourth-order valence-corrected chi connectivity index (χ4v) is 3.20. The Kier molecular flexibility index (Phi) is 4.92. The topological polar surface area (TPSA) is 26.0 Å². The Morgan fingerprint density at radius 3 is 2.37 bits per heavy atom. The summed E-state index contributed by atoms with van der Waals surface area (Å²) in [4.78, 5) is 0. The lowest BCUT2D eigenvalue weighted by atomic mass is 10.1. The van der Waals surface area contributed by atoms with Crippen molar-refractivity contribution in [3.63, 3.8) is 0 Å². The van der Waals surface area contributed by atoms with Gasteiger partial charge in [0.1, 0.15) is 0 Å². The van der Waals surface area contributed by atoms with Crippen LogP contribution in [0, 0.1) is 13.8 Å². The Morgan fingerprint density at radius 1 is 1.00 bits per heavy atom. The Labute approximate surface area is 120 Å². The van der Waals surface area contributed by atoms with Crippen molar-refractivity contribution in [3.05, 3.63) is 64.7 Å². The van der Waals surface area contributed by atoms with E-state index in [1.54, 1.807) is 0 Å². The standard InChI is InChI=1S/C17H21NS/c1-13-9-14(2)11-15(10-13)12-19-8-7-16-5-3-4-6-17(16)18/h3-6,9-11H,7-8,12,18H2,1-2H3. The maximum Gasteiger partial charge on any atom is 0.0346 e. The fourth-order valence-electron chi connectivity index (χ4n) is 2.29. The average Bonchev–Trinajstić information content (AvgIpc) is 2.35. The van der Waals surface area contributed by atoms with Crippen LogP contribution in [0.25, 0.3) is 0 Å². The van der Waals surface area contributed by atoms with Gasteiger partial charge in [-0.15, -0.1) is 0 Å². The Hall–Kier alpha value is -1.41. The molecule has 0 unspecified atom stereocenters. The number of aryl methyl sites for hydroxylation is 3. The van der Waals surface area contributed by atoms with E-state index in [0.717, 1.165) is 23.6 Å². The zero-order chi connectivity index (χ0) is 13.7. The van der Waals surface area contributed by atoms with E-state index < -0.39 is 0 Å². The molecule has 0 aliphatic heterocycles. The minimum absolute atomic E-state index is 0.912. The molecule has 0 radical (unpaired) electrons. The fraction of sp³-hybridized carbons (Fsp3) is 0.294. The van der Waals surface area contributed by atoms with Crippen LogP contribution in [0.2, 0.25) is 0 Å². The van der Waals surface area contributed by atoms with Crippen molar-refractivity contribution in [1.29, 1.82) is 0 Å². The molecule has 0 aliphatic rings. The lowest BCUT2D eigenvalue weighted by Crippen LogP contribution is -1.96. The summed E-state index contributed by atoms with van der Waals surface area (Å²) >= 11 is 1.97. The number of hydrogen-bond donors (Lipinski definition) is 1. The molecule has 0 spiro atoms. The summed E-state index contributed by atoms with van der Waals surface area (Å²) in [6.07, 6.45) is 1.04. The predicted molar refractivity (Wildman–Crippen MR) is 86.6 cm³/mol. The first-order valence-electron chi connectivity index (χ1n) is 6.63. The van der Waals surface area contributed by atoms with Gasteiger partial charge in [-0.3, -0.25) is 0 Å². The minimum atomic E-state index is 0.912. The van der Waals surface area contributed by atoms with Gasteiger partial charge in [-0.1, -0.05) is 47.5 Å². The SMILES string of the molecule is Cc1cc(C)cc(CSCCc2ccccc2N)c1. The third kappa shape index (κ3) is 4.32. The zero-order valence-electron chi connectivity index (χ0n) is 11.6. The molecule has 0 aromatic heterocycles.